The van der Waals surface area contributed by atoms with Crippen LogP contribution in [0.2, 0.25) is 5.15 Å². The Morgan fingerprint density at radius 1 is 1.14 bits per heavy atom. The van der Waals surface area contributed by atoms with Gasteiger partial charge in [-0.25, -0.2) is 0 Å². The summed E-state index contributed by atoms with van der Waals surface area (Å²) in [6.07, 6.45) is 0. The van der Waals surface area contributed by atoms with Gasteiger partial charge >= 0.3 is 0 Å². The molecule has 1 saturated heterocycles. The maximum absolute atomic E-state index is 6.34. The van der Waals surface area contributed by atoms with Gasteiger partial charge in [0.1, 0.15) is 5.15 Å². The summed E-state index contributed by atoms with van der Waals surface area (Å²) >= 11 is 6.34. The van der Waals surface area contributed by atoms with Crippen molar-refractivity contribution in [2.24, 2.45) is 7.05 Å². The molecule has 0 spiro atoms. The van der Waals surface area contributed by atoms with E-state index in [1.165, 1.54) is 11.3 Å². The van der Waals surface area contributed by atoms with Crippen LogP contribution in [0.25, 0.3) is 0 Å². The number of aryl methyl sites for hydroxylation is 3. The van der Waals surface area contributed by atoms with Crippen LogP contribution in [0.1, 0.15) is 16.8 Å². The first kappa shape index (κ1) is 15.4. The van der Waals surface area contributed by atoms with E-state index in [0.29, 0.717) is 0 Å². The molecule has 0 saturated carbocycles. The Balaban J connectivity index is 1.62. The first-order valence-electron chi connectivity index (χ1n) is 7.76. The summed E-state index contributed by atoms with van der Waals surface area (Å²) in [7, 11) is 1.90. The van der Waals surface area contributed by atoms with E-state index in [-0.39, 0.29) is 0 Å². The number of halogens is 1. The maximum atomic E-state index is 6.34. The van der Waals surface area contributed by atoms with E-state index >= 15 is 0 Å². The van der Waals surface area contributed by atoms with Gasteiger partial charge in [0.05, 0.1) is 5.69 Å². The molecule has 5 heteroatoms. The fourth-order valence-electron chi connectivity index (χ4n) is 3.07. The third-order valence-electron chi connectivity index (χ3n) is 4.39. The van der Waals surface area contributed by atoms with Crippen molar-refractivity contribution in [2.75, 3.05) is 31.1 Å². The predicted octanol–water partition coefficient (Wildman–Crippen LogP) is 3.01. The van der Waals surface area contributed by atoms with Gasteiger partial charge in [0.15, 0.2) is 0 Å². The molecule has 4 nitrogen and oxygen atoms in total. The number of hydrogen-bond donors (Lipinski definition) is 0. The van der Waals surface area contributed by atoms with Crippen LogP contribution >= 0.6 is 11.6 Å². The van der Waals surface area contributed by atoms with E-state index in [4.69, 9.17) is 11.6 Å². The number of aromatic nitrogens is 2. The number of hydrogen-bond acceptors (Lipinski definition) is 3. The van der Waals surface area contributed by atoms with Crippen LogP contribution in [0.4, 0.5) is 5.69 Å². The summed E-state index contributed by atoms with van der Waals surface area (Å²) in [5, 5.41) is 5.16. The predicted molar refractivity (Wildman–Crippen MR) is 91.6 cm³/mol. The van der Waals surface area contributed by atoms with E-state index in [1.807, 2.05) is 14.0 Å². The molecule has 0 amide bonds. The average molecular weight is 319 g/mol. The zero-order valence-electron chi connectivity index (χ0n) is 13.5. The molecule has 1 aliphatic heterocycles. The van der Waals surface area contributed by atoms with Crippen molar-refractivity contribution < 1.29 is 0 Å². The second-order valence-corrected chi connectivity index (χ2v) is 6.44. The second-order valence-electron chi connectivity index (χ2n) is 6.08. The van der Waals surface area contributed by atoms with Gasteiger partial charge in [-0.2, -0.15) is 5.10 Å². The van der Waals surface area contributed by atoms with Crippen molar-refractivity contribution >= 4 is 17.3 Å². The third kappa shape index (κ3) is 3.13. The fourth-order valence-corrected chi connectivity index (χ4v) is 3.30. The number of benzene rings is 1. The smallest absolute Gasteiger partial charge is 0.131 e. The summed E-state index contributed by atoms with van der Waals surface area (Å²) in [5.41, 5.74) is 4.84. The number of nitrogens with zero attached hydrogens (tertiary/aromatic N) is 4. The number of anilines is 1. The van der Waals surface area contributed by atoms with Crippen molar-refractivity contribution in [3.05, 3.63) is 46.2 Å². The van der Waals surface area contributed by atoms with Gasteiger partial charge in [-0.15, -0.1) is 0 Å². The van der Waals surface area contributed by atoms with E-state index in [0.717, 1.165) is 49.1 Å². The molecule has 1 aliphatic rings. The lowest BCUT2D eigenvalue weighted by Crippen LogP contribution is -2.46. The van der Waals surface area contributed by atoms with Gasteiger partial charge in [-0.1, -0.05) is 23.7 Å². The molecule has 3 rings (SSSR count). The Morgan fingerprint density at radius 3 is 2.45 bits per heavy atom. The minimum absolute atomic E-state index is 0.763. The summed E-state index contributed by atoms with van der Waals surface area (Å²) in [5.74, 6) is 0. The minimum atomic E-state index is 0.763. The Bertz CT molecular complexity index is 657. The number of piperazine rings is 1. The zero-order chi connectivity index (χ0) is 15.7. The maximum Gasteiger partial charge on any atom is 0.131 e. The van der Waals surface area contributed by atoms with Crippen LogP contribution in [0.5, 0.6) is 0 Å². The molecule has 0 atom stereocenters. The van der Waals surface area contributed by atoms with Crippen molar-refractivity contribution in [2.45, 2.75) is 20.4 Å². The summed E-state index contributed by atoms with van der Waals surface area (Å²) in [4.78, 5) is 4.92. The Labute approximate surface area is 137 Å². The SMILES string of the molecule is Cc1cccc(N2CCN(Cc3c(C)nn(C)c3Cl)CC2)c1. The van der Waals surface area contributed by atoms with Crippen molar-refractivity contribution in [1.82, 2.24) is 14.7 Å². The van der Waals surface area contributed by atoms with Crippen LogP contribution in [-0.2, 0) is 13.6 Å². The van der Waals surface area contributed by atoms with Gasteiger partial charge in [0.2, 0.25) is 0 Å². The molecule has 0 N–H and O–H groups in total. The van der Waals surface area contributed by atoms with Gasteiger partial charge in [-0.05, 0) is 31.5 Å². The second kappa shape index (κ2) is 6.31. The first-order valence-corrected chi connectivity index (χ1v) is 8.14. The average Bonchev–Trinajstić information content (AvgIpc) is 2.74. The highest BCUT2D eigenvalue weighted by atomic mass is 35.5. The van der Waals surface area contributed by atoms with Crippen LogP contribution in [0, 0.1) is 13.8 Å². The summed E-state index contributed by atoms with van der Waals surface area (Å²) in [6.45, 7) is 9.29. The van der Waals surface area contributed by atoms with E-state index in [2.05, 4.69) is 46.1 Å². The molecular weight excluding hydrogens is 296 g/mol. The lowest BCUT2D eigenvalue weighted by atomic mass is 10.2. The standard InChI is InChI=1S/C17H23ClN4/c1-13-5-4-6-15(11-13)22-9-7-21(8-10-22)12-16-14(2)19-20(3)17(16)18/h4-6,11H,7-10,12H2,1-3H3. The van der Waals surface area contributed by atoms with E-state index < -0.39 is 0 Å². The molecule has 0 radical (unpaired) electrons. The Kier molecular flexibility index (Phi) is 4.41. The Hall–Kier alpha value is -1.52. The van der Waals surface area contributed by atoms with Crippen LogP contribution in [0.15, 0.2) is 24.3 Å². The third-order valence-corrected chi connectivity index (χ3v) is 4.86. The highest BCUT2D eigenvalue weighted by Gasteiger charge is 2.20. The van der Waals surface area contributed by atoms with Gasteiger partial charge in [-0.3, -0.25) is 9.58 Å². The van der Waals surface area contributed by atoms with Crippen molar-refractivity contribution in [1.29, 1.82) is 0 Å². The fraction of sp³-hybridized carbons (Fsp3) is 0.471. The van der Waals surface area contributed by atoms with Gasteiger partial charge < -0.3 is 4.90 Å². The molecule has 2 heterocycles. The lowest BCUT2D eigenvalue weighted by molar-refractivity contribution is 0.249. The molecule has 0 bridgehead atoms. The van der Waals surface area contributed by atoms with Gasteiger partial charge in [0, 0.05) is 51.0 Å². The molecular formula is C17H23ClN4. The van der Waals surface area contributed by atoms with Crippen molar-refractivity contribution in [3.63, 3.8) is 0 Å². The van der Waals surface area contributed by atoms with Crippen LogP contribution in [0.3, 0.4) is 0 Å². The molecule has 1 aromatic heterocycles. The van der Waals surface area contributed by atoms with Gasteiger partial charge in [0.25, 0.3) is 0 Å². The van der Waals surface area contributed by atoms with E-state index in [9.17, 15) is 0 Å². The minimum Gasteiger partial charge on any atom is -0.369 e. The zero-order valence-corrected chi connectivity index (χ0v) is 14.3. The van der Waals surface area contributed by atoms with Crippen LogP contribution < -0.4 is 4.90 Å². The van der Waals surface area contributed by atoms with Crippen molar-refractivity contribution in [3.8, 4) is 0 Å². The molecule has 0 unspecified atom stereocenters. The Morgan fingerprint density at radius 2 is 1.86 bits per heavy atom. The molecule has 2 aromatic rings. The molecule has 0 aliphatic carbocycles. The molecule has 1 fully saturated rings. The lowest BCUT2D eigenvalue weighted by Gasteiger charge is -2.36. The molecule has 22 heavy (non-hydrogen) atoms. The normalized spacial score (nSPS) is 16.3. The largest absolute Gasteiger partial charge is 0.369 e. The summed E-state index contributed by atoms with van der Waals surface area (Å²) in [6, 6.07) is 8.74. The topological polar surface area (TPSA) is 24.3 Å². The van der Waals surface area contributed by atoms with Crippen LogP contribution in [-0.4, -0.2) is 40.9 Å². The first-order chi connectivity index (χ1) is 10.5. The number of rotatable bonds is 3. The van der Waals surface area contributed by atoms with E-state index in [1.54, 1.807) is 4.68 Å². The highest BCUT2D eigenvalue weighted by molar-refractivity contribution is 6.30. The summed E-state index contributed by atoms with van der Waals surface area (Å²) < 4.78 is 1.76. The monoisotopic (exact) mass is 318 g/mol. The molecule has 118 valence electrons. The highest BCUT2D eigenvalue weighted by Crippen LogP contribution is 2.22. The molecule has 1 aromatic carbocycles. The quantitative estimate of drug-likeness (QED) is 0.869.